The monoisotopic (exact) mass is 326 g/mol. The first-order valence-electron chi connectivity index (χ1n) is 7.76. The summed E-state index contributed by atoms with van der Waals surface area (Å²) in [4.78, 5) is 12.0. The number of rotatable bonds is 7. The molecule has 0 aromatic heterocycles. The lowest BCUT2D eigenvalue weighted by Crippen LogP contribution is -2.15. The van der Waals surface area contributed by atoms with E-state index in [0.717, 1.165) is 11.1 Å². The second kappa shape index (κ2) is 8.77. The van der Waals surface area contributed by atoms with Crippen LogP contribution in [-0.2, 0) is 16.0 Å². The van der Waals surface area contributed by atoms with Crippen molar-refractivity contribution >= 4 is 12.0 Å². The van der Waals surface area contributed by atoms with Crippen molar-refractivity contribution in [3.8, 4) is 11.5 Å². The molecule has 0 aliphatic rings. The third-order valence-electron chi connectivity index (χ3n) is 3.47. The Balaban J connectivity index is 1.95. The Bertz CT molecular complexity index is 670. The average molecular weight is 326 g/mol. The van der Waals surface area contributed by atoms with Crippen LogP contribution in [-0.4, -0.2) is 26.3 Å². The van der Waals surface area contributed by atoms with E-state index in [9.17, 15) is 4.79 Å². The summed E-state index contributed by atoms with van der Waals surface area (Å²) in [5.74, 6) is 0.958. The molecule has 24 heavy (non-hydrogen) atoms. The predicted molar refractivity (Wildman–Crippen MR) is 94.3 cm³/mol. The summed E-state index contributed by atoms with van der Waals surface area (Å²) in [6, 6.07) is 15.4. The Kier molecular flexibility index (Phi) is 6.43. The number of hydrogen-bond donors (Lipinski definition) is 0. The van der Waals surface area contributed by atoms with Crippen LogP contribution in [0.2, 0.25) is 0 Å². The molecule has 1 atom stereocenters. The zero-order valence-electron chi connectivity index (χ0n) is 14.2. The van der Waals surface area contributed by atoms with Crippen molar-refractivity contribution in [3.63, 3.8) is 0 Å². The number of carbonyl (C=O) groups is 1. The summed E-state index contributed by atoms with van der Waals surface area (Å²) >= 11 is 0. The molecule has 126 valence electrons. The van der Waals surface area contributed by atoms with Gasteiger partial charge in [-0.15, -0.1) is 0 Å². The number of ether oxygens (including phenoxy) is 3. The van der Waals surface area contributed by atoms with Crippen LogP contribution in [0, 0.1) is 0 Å². The number of hydrogen-bond acceptors (Lipinski definition) is 4. The molecule has 2 aromatic rings. The molecule has 0 fully saturated rings. The second-order valence-corrected chi connectivity index (χ2v) is 5.42. The van der Waals surface area contributed by atoms with Crippen molar-refractivity contribution in [2.24, 2.45) is 0 Å². The van der Waals surface area contributed by atoms with Gasteiger partial charge in [0, 0.05) is 18.6 Å². The molecule has 0 spiro atoms. The van der Waals surface area contributed by atoms with Gasteiger partial charge >= 0.3 is 5.97 Å². The van der Waals surface area contributed by atoms with E-state index in [1.807, 2.05) is 49.4 Å². The minimum atomic E-state index is -0.375. The maximum absolute atomic E-state index is 12.0. The number of esters is 1. The van der Waals surface area contributed by atoms with Gasteiger partial charge in [0.05, 0.1) is 14.2 Å². The standard InChI is InChI=1S/C20H22O4/c1-15(11-16-7-5-4-6-8-16)24-20(21)10-9-17-12-18(22-2)14-19(13-17)23-3/h4-10,12-15H,11H2,1-3H3/b10-9+. The molecule has 2 rings (SSSR count). The van der Waals surface area contributed by atoms with Gasteiger partial charge in [-0.1, -0.05) is 30.3 Å². The highest BCUT2D eigenvalue weighted by Gasteiger charge is 2.08. The molecule has 2 aromatic carbocycles. The van der Waals surface area contributed by atoms with Crippen LogP contribution in [0.4, 0.5) is 0 Å². The van der Waals surface area contributed by atoms with E-state index in [0.29, 0.717) is 17.9 Å². The lowest BCUT2D eigenvalue weighted by Gasteiger charge is -2.11. The summed E-state index contributed by atoms with van der Waals surface area (Å²) in [7, 11) is 3.17. The normalized spacial score (nSPS) is 12.0. The van der Waals surface area contributed by atoms with Crippen LogP contribution >= 0.6 is 0 Å². The fourth-order valence-corrected chi connectivity index (χ4v) is 2.32. The molecule has 0 saturated carbocycles. The number of methoxy groups -OCH3 is 2. The Labute approximate surface area is 142 Å². The van der Waals surface area contributed by atoms with Gasteiger partial charge in [0.1, 0.15) is 17.6 Å². The van der Waals surface area contributed by atoms with Gasteiger partial charge in [-0.25, -0.2) is 4.79 Å². The quantitative estimate of drug-likeness (QED) is 0.572. The summed E-state index contributed by atoms with van der Waals surface area (Å²) in [6.07, 6.45) is 3.59. The molecule has 4 nitrogen and oxygen atoms in total. The lowest BCUT2D eigenvalue weighted by molar-refractivity contribution is -0.141. The maximum Gasteiger partial charge on any atom is 0.331 e. The summed E-state index contributed by atoms with van der Waals surface area (Å²) in [6.45, 7) is 1.88. The van der Waals surface area contributed by atoms with Crippen molar-refractivity contribution in [2.45, 2.75) is 19.4 Å². The number of benzene rings is 2. The highest BCUT2D eigenvalue weighted by atomic mass is 16.5. The Morgan fingerprint density at radius 3 is 2.25 bits per heavy atom. The van der Waals surface area contributed by atoms with Crippen molar-refractivity contribution in [2.75, 3.05) is 14.2 Å². The third-order valence-corrected chi connectivity index (χ3v) is 3.47. The molecule has 0 aliphatic carbocycles. The molecular formula is C20H22O4. The fraction of sp³-hybridized carbons (Fsp3) is 0.250. The van der Waals surface area contributed by atoms with E-state index in [1.165, 1.54) is 6.08 Å². The minimum absolute atomic E-state index is 0.190. The molecule has 0 amide bonds. The van der Waals surface area contributed by atoms with Crippen LogP contribution in [0.25, 0.3) is 6.08 Å². The van der Waals surface area contributed by atoms with Crippen molar-refractivity contribution in [3.05, 3.63) is 65.7 Å². The Morgan fingerprint density at radius 2 is 1.67 bits per heavy atom. The highest BCUT2D eigenvalue weighted by Crippen LogP contribution is 2.23. The molecule has 0 radical (unpaired) electrons. The van der Waals surface area contributed by atoms with Crippen LogP contribution < -0.4 is 9.47 Å². The summed E-state index contributed by atoms with van der Waals surface area (Å²) in [5.41, 5.74) is 1.94. The minimum Gasteiger partial charge on any atom is -0.497 e. The van der Waals surface area contributed by atoms with Crippen LogP contribution in [0.5, 0.6) is 11.5 Å². The molecule has 0 saturated heterocycles. The smallest absolute Gasteiger partial charge is 0.331 e. The first-order valence-corrected chi connectivity index (χ1v) is 7.76. The van der Waals surface area contributed by atoms with Crippen LogP contribution in [0.1, 0.15) is 18.1 Å². The largest absolute Gasteiger partial charge is 0.497 e. The third kappa shape index (κ3) is 5.47. The molecule has 1 unspecified atom stereocenters. The van der Waals surface area contributed by atoms with E-state index >= 15 is 0 Å². The van der Waals surface area contributed by atoms with E-state index < -0.39 is 0 Å². The molecule has 0 bridgehead atoms. The van der Waals surface area contributed by atoms with Crippen molar-refractivity contribution in [1.82, 2.24) is 0 Å². The summed E-state index contributed by atoms with van der Waals surface area (Å²) in [5, 5.41) is 0. The maximum atomic E-state index is 12.0. The van der Waals surface area contributed by atoms with Gasteiger partial charge in [-0.2, -0.15) is 0 Å². The zero-order chi connectivity index (χ0) is 17.4. The molecule has 0 aliphatic heterocycles. The highest BCUT2D eigenvalue weighted by molar-refractivity contribution is 5.87. The van der Waals surface area contributed by atoms with Crippen molar-refractivity contribution < 1.29 is 19.0 Å². The molecule has 0 N–H and O–H groups in total. The Hall–Kier alpha value is -2.75. The Morgan fingerprint density at radius 1 is 1.04 bits per heavy atom. The van der Waals surface area contributed by atoms with E-state index in [4.69, 9.17) is 14.2 Å². The van der Waals surface area contributed by atoms with Gasteiger partial charge in [-0.3, -0.25) is 0 Å². The number of carbonyl (C=O) groups excluding carboxylic acids is 1. The van der Waals surface area contributed by atoms with Gasteiger partial charge in [0.2, 0.25) is 0 Å². The van der Waals surface area contributed by atoms with Crippen LogP contribution in [0.3, 0.4) is 0 Å². The molecular weight excluding hydrogens is 304 g/mol. The van der Waals surface area contributed by atoms with Crippen LogP contribution in [0.15, 0.2) is 54.6 Å². The van der Waals surface area contributed by atoms with Gasteiger partial charge in [0.25, 0.3) is 0 Å². The van der Waals surface area contributed by atoms with Crippen molar-refractivity contribution in [1.29, 1.82) is 0 Å². The van der Waals surface area contributed by atoms with E-state index in [1.54, 1.807) is 26.4 Å². The lowest BCUT2D eigenvalue weighted by atomic mass is 10.1. The summed E-state index contributed by atoms with van der Waals surface area (Å²) < 4.78 is 15.8. The SMILES string of the molecule is COc1cc(/C=C/C(=O)OC(C)Cc2ccccc2)cc(OC)c1. The first kappa shape index (κ1) is 17.6. The van der Waals surface area contributed by atoms with Gasteiger partial charge in [0.15, 0.2) is 0 Å². The van der Waals surface area contributed by atoms with E-state index in [-0.39, 0.29) is 12.1 Å². The second-order valence-electron chi connectivity index (χ2n) is 5.42. The first-order chi connectivity index (χ1) is 11.6. The molecule has 4 heteroatoms. The zero-order valence-corrected chi connectivity index (χ0v) is 14.2. The predicted octanol–water partition coefficient (Wildman–Crippen LogP) is 3.89. The molecule has 0 heterocycles. The average Bonchev–Trinajstić information content (AvgIpc) is 2.60. The van der Waals surface area contributed by atoms with Gasteiger partial charge < -0.3 is 14.2 Å². The van der Waals surface area contributed by atoms with E-state index in [2.05, 4.69) is 0 Å². The topological polar surface area (TPSA) is 44.8 Å². The van der Waals surface area contributed by atoms with Gasteiger partial charge in [-0.05, 0) is 36.3 Å². The fourth-order valence-electron chi connectivity index (χ4n) is 2.32.